The van der Waals surface area contributed by atoms with Crippen LogP contribution in [0, 0.1) is 0 Å². The molecule has 3 rings (SSSR count). The SMILES string of the molecule is CCN(Cc1ccc2c(c1)OCO2)C(=O)COC(=O)c1ccc(O)cc1. The fourth-order valence-electron chi connectivity index (χ4n) is 2.54. The van der Waals surface area contributed by atoms with Crippen molar-refractivity contribution in [2.24, 2.45) is 0 Å². The van der Waals surface area contributed by atoms with Crippen molar-refractivity contribution in [3.8, 4) is 17.2 Å². The molecule has 7 nitrogen and oxygen atoms in total. The molecule has 26 heavy (non-hydrogen) atoms. The van der Waals surface area contributed by atoms with Crippen LogP contribution in [0.15, 0.2) is 42.5 Å². The number of aromatic hydroxyl groups is 1. The van der Waals surface area contributed by atoms with Crippen LogP contribution < -0.4 is 9.47 Å². The number of benzene rings is 2. The van der Waals surface area contributed by atoms with Crippen LogP contribution in [0.1, 0.15) is 22.8 Å². The molecule has 1 aliphatic heterocycles. The zero-order chi connectivity index (χ0) is 18.5. The van der Waals surface area contributed by atoms with Gasteiger partial charge in [-0.25, -0.2) is 4.79 Å². The molecule has 0 fully saturated rings. The lowest BCUT2D eigenvalue weighted by molar-refractivity contribution is -0.134. The molecule has 0 unspecified atom stereocenters. The smallest absolute Gasteiger partial charge is 0.338 e. The Kier molecular flexibility index (Phi) is 5.26. The van der Waals surface area contributed by atoms with Gasteiger partial charge in [0.15, 0.2) is 18.1 Å². The van der Waals surface area contributed by atoms with Crippen LogP contribution >= 0.6 is 0 Å². The molecule has 0 saturated carbocycles. The molecule has 0 saturated heterocycles. The molecule has 0 radical (unpaired) electrons. The monoisotopic (exact) mass is 357 g/mol. The Hall–Kier alpha value is -3.22. The standard InChI is InChI=1S/C19H19NO6/c1-2-20(10-13-3-8-16-17(9-13)26-12-25-16)18(22)11-24-19(23)14-4-6-15(21)7-5-14/h3-9,21H,2,10-12H2,1H3. The van der Waals surface area contributed by atoms with Crippen molar-refractivity contribution >= 4 is 11.9 Å². The van der Waals surface area contributed by atoms with E-state index in [1.54, 1.807) is 11.0 Å². The molecule has 0 aromatic heterocycles. The molecule has 0 aliphatic carbocycles. The predicted molar refractivity (Wildman–Crippen MR) is 92.0 cm³/mol. The lowest BCUT2D eigenvalue weighted by Gasteiger charge is -2.21. The molecule has 1 N–H and O–H groups in total. The lowest BCUT2D eigenvalue weighted by atomic mass is 10.2. The summed E-state index contributed by atoms with van der Waals surface area (Å²) in [4.78, 5) is 25.9. The Morgan fingerprint density at radius 3 is 2.58 bits per heavy atom. The van der Waals surface area contributed by atoms with E-state index in [2.05, 4.69) is 0 Å². The summed E-state index contributed by atoms with van der Waals surface area (Å²) in [7, 11) is 0. The highest BCUT2D eigenvalue weighted by Gasteiger charge is 2.18. The van der Waals surface area contributed by atoms with E-state index in [4.69, 9.17) is 14.2 Å². The molecule has 2 aromatic carbocycles. The van der Waals surface area contributed by atoms with E-state index >= 15 is 0 Å². The summed E-state index contributed by atoms with van der Waals surface area (Å²) >= 11 is 0. The summed E-state index contributed by atoms with van der Waals surface area (Å²) in [5, 5.41) is 9.23. The van der Waals surface area contributed by atoms with Crippen molar-refractivity contribution in [3.63, 3.8) is 0 Å². The fourth-order valence-corrected chi connectivity index (χ4v) is 2.54. The maximum absolute atomic E-state index is 12.4. The number of esters is 1. The third-order valence-corrected chi connectivity index (χ3v) is 3.97. The number of phenols is 1. The topological polar surface area (TPSA) is 85.3 Å². The average Bonchev–Trinajstić information content (AvgIpc) is 3.12. The van der Waals surface area contributed by atoms with Crippen molar-refractivity contribution in [3.05, 3.63) is 53.6 Å². The van der Waals surface area contributed by atoms with Crippen LogP contribution in [0.2, 0.25) is 0 Å². The van der Waals surface area contributed by atoms with Gasteiger partial charge >= 0.3 is 5.97 Å². The molecule has 7 heteroatoms. The van der Waals surface area contributed by atoms with E-state index in [1.165, 1.54) is 24.3 Å². The van der Waals surface area contributed by atoms with Crippen LogP contribution in [0.5, 0.6) is 17.2 Å². The van der Waals surface area contributed by atoms with Gasteiger partial charge in [-0.2, -0.15) is 0 Å². The number of rotatable bonds is 6. The van der Waals surface area contributed by atoms with E-state index in [-0.39, 0.29) is 30.6 Å². The van der Waals surface area contributed by atoms with Crippen molar-refractivity contribution in [1.82, 2.24) is 4.90 Å². The summed E-state index contributed by atoms with van der Waals surface area (Å²) in [5.41, 5.74) is 1.17. The highest BCUT2D eigenvalue weighted by molar-refractivity contribution is 5.91. The van der Waals surface area contributed by atoms with E-state index in [0.29, 0.717) is 24.6 Å². The number of hydrogen-bond acceptors (Lipinski definition) is 6. The molecule has 1 heterocycles. The minimum Gasteiger partial charge on any atom is -0.508 e. The summed E-state index contributed by atoms with van der Waals surface area (Å²) in [6, 6.07) is 11.2. The van der Waals surface area contributed by atoms with Crippen molar-refractivity contribution in [1.29, 1.82) is 0 Å². The molecule has 0 bridgehead atoms. The second-order valence-corrected chi connectivity index (χ2v) is 5.72. The van der Waals surface area contributed by atoms with Gasteiger partial charge in [0.2, 0.25) is 6.79 Å². The summed E-state index contributed by atoms with van der Waals surface area (Å²) in [6.45, 7) is 2.56. The first kappa shape index (κ1) is 17.6. The zero-order valence-electron chi connectivity index (χ0n) is 14.3. The van der Waals surface area contributed by atoms with Crippen LogP contribution in [0.4, 0.5) is 0 Å². The second-order valence-electron chi connectivity index (χ2n) is 5.72. The molecule has 1 amide bonds. The summed E-state index contributed by atoms with van der Waals surface area (Å²) in [6.07, 6.45) is 0. The number of carbonyl (C=O) groups excluding carboxylic acids is 2. The number of phenolic OH excluding ortho intramolecular Hbond substituents is 1. The average molecular weight is 357 g/mol. The first-order valence-electron chi connectivity index (χ1n) is 8.19. The third-order valence-electron chi connectivity index (χ3n) is 3.97. The zero-order valence-corrected chi connectivity index (χ0v) is 14.3. The van der Waals surface area contributed by atoms with E-state index in [0.717, 1.165) is 5.56 Å². The minimum absolute atomic E-state index is 0.0542. The normalized spacial score (nSPS) is 11.9. The maximum Gasteiger partial charge on any atom is 0.338 e. The number of ether oxygens (including phenoxy) is 3. The van der Waals surface area contributed by atoms with E-state index in [9.17, 15) is 14.7 Å². The van der Waals surface area contributed by atoms with Crippen LogP contribution in [0.25, 0.3) is 0 Å². The minimum atomic E-state index is -0.613. The molecule has 0 spiro atoms. The molecule has 2 aromatic rings. The Bertz CT molecular complexity index is 802. The number of hydrogen-bond donors (Lipinski definition) is 1. The summed E-state index contributed by atoms with van der Waals surface area (Å²) in [5.74, 6) is 0.490. The number of nitrogens with zero attached hydrogens (tertiary/aromatic N) is 1. The second kappa shape index (κ2) is 7.77. The molecular weight excluding hydrogens is 338 g/mol. The van der Waals surface area contributed by atoms with Gasteiger partial charge in [-0.3, -0.25) is 4.79 Å². The Balaban J connectivity index is 1.56. The van der Waals surface area contributed by atoms with Gasteiger partial charge in [0.1, 0.15) is 5.75 Å². The Labute approximate surface area is 150 Å². The number of likely N-dealkylation sites (N-methyl/N-ethyl adjacent to an activating group) is 1. The molecule has 136 valence electrons. The van der Waals surface area contributed by atoms with Gasteiger partial charge < -0.3 is 24.2 Å². The number of amides is 1. The van der Waals surface area contributed by atoms with Crippen LogP contribution in [-0.2, 0) is 16.1 Å². The fraction of sp³-hybridized carbons (Fsp3) is 0.263. The first-order chi connectivity index (χ1) is 12.6. The Morgan fingerprint density at radius 2 is 1.85 bits per heavy atom. The van der Waals surface area contributed by atoms with Gasteiger partial charge in [0.25, 0.3) is 5.91 Å². The van der Waals surface area contributed by atoms with Crippen LogP contribution in [0.3, 0.4) is 0 Å². The van der Waals surface area contributed by atoms with Gasteiger partial charge in [-0.15, -0.1) is 0 Å². The van der Waals surface area contributed by atoms with Gasteiger partial charge in [-0.05, 0) is 48.9 Å². The summed E-state index contributed by atoms with van der Waals surface area (Å²) < 4.78 is 15.7. The molecular formula is C19H19NO6. The number of fused-ring (bicyclic) bond motifs is 1. The van der Waals surface area contributed by atoms with Crippen molar-refractivity contribution < 1.29 is 28.9 Å². The highest BCUT2D eigenvalue weighted by atomic mass is 16.7. The highest BCUT2D eigenvalue weighted by Crippen LogP contribution is 2.32. The van der Waals surface area contributed by atoms with Gasteiger partial charge in [0, 0.05) is 13.1 Å². The van der Waals surface area contributed by atoms with E-state index in [1.807, 2.05) is 19.1 Å². The van der Waals surface area contributed by atoms with Crippen molar-refractivity contribution in [2.75, 3.05) is 19.9 Å². The third kappa shape index (κ3) is 4.05. The van der Waals surface area contributed by atoms with E-state index < -0.39 is 5.97 Å². The van der Waals surface area contributed by atoms with Crippen LogP contribution in [-0.4, -0.2) is 41.8 Å². The first-order valence-corrected chi connectivity index (χ1v) is 8.19. The largest absolute Gasteiger partial charge is 0.508 e. The quantitative estimate of drug-likeness (QED) is 0.799. The number of carbonyl (C=O) groups is 2. The van der Waals surface area contributed by atoms with Gasteiger partial charge in [0.05, 0.1) is 5.56 Å². The molecule has 1 aliphatic rings. The lowest BCUT2D eigenvalue weighted by Crippen LogP contribution is -2.34. The molecule has 0 atom stereocenters. The van der Waals surface area contributed by atoms with Crippen molar-refractivity contribution in [2.45, 2.75) is 13.5 Å². The Morgan fingerprint density at radius 1 is 1.12 bits per heavy atom. The van der Waals surface area contributed by atoms with Gasteiger partial charge in [-0.1, -0.05) is 6.07 Å². The maximum atomic E-state index is 12.4. The predicted octanol–water partition coefficient (Wildman–Crippen LogP) is 2.33.